The molecule has 0 amide bonds. The summed E-state index contributed by atoms with van der Waals surface area (Å²) in [7, 11) is 0.357. The van der Waals surface area contributed by atoms with E-state index in [1.54, 1.807) is 0 Å². The van der Waals surface area contributed by atoms with Gasteiger partial charge in [-0.1, -0.05) is 0 Å². The van der Waals surface area contributed by atoms with Crippen molar-refractivity contribution in [1.29, 1.82) is 0 Å². The van der Waals surface area contributed by atoms with Gasteiger partial charge in [-0.15, -0.1) is 0 Å². The first-order valence-corrected chi connectivity index (χ1v) is 5.28. The lowest BCUT2D eigenvalue weighted by atomic mass is 10.8. The molecule has 0 bridgehead atoms. The van der Waals surface area contributed by atoms with E-state index in [1.165, 1.54) is 0 Å². The third kappa shape index (κ3) is 6.75. The highest BCUT2D eigenvalue weighted by Gasteiger charge is 2.06. The number of hydrogen-bond acceptors (Lipinski definition) is 4. The Morgan fingerprint density at radius 2 is 1.83 bits per heavy atom. The molecule has 5 heteroatoms. The zero-order chi connectivity index (χ0) is 9.23. The standard InChI is InChI=1S/C7H17NO3Si/c1-3-9-7(10-4-2)11-12-6-5-8/h7H,3-6,8H2,1-2H3. The minimum Gasteiger partial charge on any atom is -0.372 e. The van der Waals surface area contributed by atoms with Crippen LogP contribution >= 0.6 is 0 Å². The summed E-state index contributed by atoms with van der Waals surface area (Å²) in [5.74, 6) is 0. The van der Waals surface area contributed by atoms with Gasteiger partial charge in [-0.25, -0.2) is 0 Å². The molecule has 4 nitrogen and oxygen atoms in total. The molecule has 0 heterocycles. The largest absolute Gasteiger partial charge is 0.372 e. The van der Waals surface area contributed by atoms with Gasteiger partial charge in [-0.2, -0.15) is 0 Å². The van der Waals surface area contributed by atoms with Gasteiger partial charge in [-0.3, -0.25) is 0 Å². The highest BCUT2D eigenvalue weighted by Crippen LogP contribution is 1.96. The number of hydrogen-bond donors (Lipinski definition) is 1. The molecule has 0 atom stereocenters. The van der Waals surface area contributed by atoms with Crippen molar-refractivity contribution in [3.8, 4) is 0 Å². The fourth-order valence-corrected chi connectivity index (χ4v) is 1.08. The predicted molar refractivity (Wildman–Crippen MR) is 47.7 cm³/mol. The molecule has 2 radical (unpaired) electrons. The van der Waals surface area contributed by atoms with Crippen LogP contribution in [0.1, 0.15) is 13.8 Å². The van der Waals surface area contributed by atoms with Crippen LogP contribution in [0.2, 0.25) is 6.04 Å². The first-order valence-electron chi connectivity index (χ1n) is 4.16. The molecule has 0 spiro atoms. The van der Waals surface area contributed by atoms with E-state index in [4.69, 9.17) is 19.6 Å². The molecule has 0 aromatic heterocycles. The normalized spacial score (nSPS) is 11.0. The molecule has 0 saturated heterocycles. The lowest BCUT2D eigenvalue weighted by Crippen LogP contribution is -2.23. The van der Waals surface area contributed by atoms with Crippen LogP contribution in [0.5, 0.6) is 0 Å². The van der Waals surface area contributed by atoms with Gasteiger partial charge in [0.25, 0.3) is 6.48 Å². The van der Waals surface area contributed by atoms with Crippen molar-refractivity contribution in [2.75, 3.05) is 19.8 Å². The summed E-state index contributed by atoms with van der Waals surface area (Å²) in [5.41, 5.74) is 5.31. The van der Waals surface area contributed by atoms with Crippen molar-refractivity contribution in [1.82, 2.24) is 0 Å². The molecule has 0 aliphatic rings. The summed E-state index contributed by atoms with van der Waals surface area (Å²) in [6.45, 7) is 5.13. The van der Waals surface area contributed by atoms with Crippen molar-refractivity contribution in [3.63, 3.8) is 0 Å². The highest BCUT2D eigenvalue weighted by atomic mass is 28.2. The van der Waals surface area contributed by atoms with Crippen molar-refractivity contribution >= 4 is 9.76 Å². The lowest BCUT2D eigenvalue weighted by molar-refractivity contribution is -0.243. The summed E-state index contributed by atoms with van der Waals surface area (Å²) in [4.78, 5) is 0. The smallest absolute Gasteiger partial charge is 0.261 e. The average molecular weight is 191 g/mol. The summed E-state index contributed by atoms with van der Waals surface area (Å²) in [6, 6.07) is 0.858. The maximum atomic E-state index is 5.31. The van der Waals surface area contributed by atoms with Gasteiger partial charge >= 0.3 is 0 Å². The summed E-state index contributed by atoms with van der Waals surface area (Å²) >= 11 is 0. The molecule has 2 N–H and O–H groups in total. The van der Waals surface area contributed by atoms with E-state index in [9.17, 15) is 0 Å². The molecule has 0 aromatic carbocycles. The van der Waals surface area contributed by atoms with Crippen molar-refractivity contribution < 1.29 is 13.9 Å². The molecule has 0 saturated carbocycles. The van der Waals surface area contributed by atoms with E-state index in [0.717, 1.165) is 6.04 Å². The molecule has 0 aromatic rings. The van der Waals surface area contributed by atoms with Gasteiger partial charge in [0.05, 0.1) is 0 Å². The molecule has 72 valence electrons. The molecule has 0 fully saturated rings. The van der Waals surface area contributed by atoms with Crippen molar-refractivity contribution in [3.05, 3.63) is 0 Å². The van der Waals surface area contributed by atoms with Crippen molar-refractivity contribution in [2.45, 2.75) is 26.4 Å². The second kappa shape index (κ2) is 9.15. The topological polar surface area (TPSA) is 53.7 Å². The highest BCUT2D eigenvalue weighted by molar-refractivity contribution is 6.27. The zero-order valence-electron chi connectivity index (χ0n) is 7.71. The second-order valence-electron chi connectivity index (χ2n) is 2.00. The van der Waals surface area contributed by atoms with Gasteiger partial charge in [0.2, 0.25) is 9.76 Å². The van der Waals surface area contributed by atoms with Crippen LogP contribution in [-0.2, 0) is 13.9 Å². The van der Waals surface area contributed by atoms with Gasteiger partial charge in [0.1, 0.15) is 0 Å². The fourth-order valence-electron chi connectivity index (χ4n) is 0.574. The zero-order valence-corrected chi connectivity index (χ0v) is 8.71. The van der Waals surface area contributed by atoms with Gasteiger partial charge < -0.3 is 19.6 Å². The first-order chi connectivity index (χ1) is 5.85. The maximum Gasteiger partial charge on any atom is 0.261 e. The molecular formula is C7H17NO3Si. The molecule has 0 rings (SSSR count). The quantitative estimate of drug-likeness (QED) is 0.342. The van der Waals surface area contributed by atoms with Crippen LogP contribution in [0.15, 0.2) is 0 Å². The van der Waals surface area contributed by atoms with E-state index < -0.39 is 6.48 Å². The molecule has 0 aliphatic heterocycles. The maximum absolute atomic E-state index is 5.31. The Kier molecular flexibility index (Phi) is 9.19. The Hall–Kier alpha value is 0.0569. The molecule has 12 heavy (non-hydrogen) atoms. The number of ether oxygens (including phenoxy) is 2. The van der Waals surface area contributed by atoms with Crippen LogP contribution in [0.3, 0.4) is 0 Å². The second-order valence-corrected chi connectivity index (χ2v) is 3.02. The molecule has 0 unspecified atom stereocenters. The van der Waals surface area contributed by atoms with Crippen LogP contribution in [-0.4, -0.2) is 36.0 Å². The molecule has 0 aliphatic carbocycles. The minimum atomic E-state index is -0.509. The Balaban J connectivity index is 3.34. The Bertz CT molecular complexity index is 88.7. The van der Waals surface area contributed by atoms with E-state index in [0.29, 0.717) is 29.5 Å². The summed E-state index contributed by atoms with van der Waals surface area (Å²) in [6.07, 6.45) is 0. The number of nitrogens with two attached hydrogens (primary N) is 1. The van der Waals surface area contributed by atoms with Gasteiger partial charge in [0, 0.05) is 13.2 Å². The average Bonchev–Trinajstić information content (AvgIpc) is 2.06. The van der Waals surface area contributed by atoms with Gasteiger partial charge in [-0.05, 0) is 26.4 Å². The number of rotatable bonds is 8. The summed E-state index contributed by atoms with van der Waals surface area (Å²) in [5, 5.41) is 0. The van der Waals surface area contributed by atoms with E-state index >= 15 is 0 Å². The predicted octanol–water partition coefficient (Wildman–Crippen LogP) is 0.356. The lowest BCUT2D eigenvalue weighted by Gasteiger charge is -2.16. The van der Waals surface area contributed by atoms with Crippen LogP contribution in [0, 0.1) is 0 Å². The first kappa shape index (κ1) is 12.1. The third-order valence-corrected chi connectivity index (χ3v) is 1.88. The van der Waals surface area contributed by atoms with Crippen LogP contribution in [0.4, 0.5) is 0 Å². The molecular weight excluding hydrogens is 174 g/mol. The Labute approximate surface area is 76.3 Å². The van der Waals surface area contributed by atoms with E-state index in [-0.39, 0.29) is 0 Å². The van der Waals surface area contributed by atoms with Crippen LogP contribution < -0.4 is 5.73 Å². The van der Waals surface area contributed by atoms with E-state index in [1.807, 2.05) is 13.8 Å². The summed E-state index contributed by atoms with van der Waals surface area (Å²) < 4.78 is 15.6. The van der Waals surface area contributed by atoms with Gasteiger partial charge in [0.15, 0.2) is 0 Å². The third-order valence-electron chi connectivity index (χ3n) is 1.03. The fraction of sp³-hybridized carbons (Fsp3) is 1.00. The van der Waals surface area contributed by atoms with Crippen LogP contribution in [0.25, 0.3) is 0 Å². The monoisotopic (exact) mass is 191 g/mol. The Morgan fingerprint density at radius 3 is 2.25 bits per heavy atom. The van der Waals surface area contributed by atoms with Crippen molar-refractivity contribution in [2.24, 2.45) is 5.73 Å². The minimum absolute atomic E-state index is 0.357. The SMILES string of the molecule is CCOC(OCC)O[Si]CCN. The Morgan fingerprint density at radius 1 is 1.25 bits per heavy atom. The van der Waals surface area contributed by atoms with E-state index in [2.05, 4.69) is 0 Å².